The van der Waals surface area contributed by atoms with Gasteiger partial charge in [0.05, 0.1) is 22.7 Å². The van der Waals surface area contributed by atoms with Crippen molar-refractivity contribution in [2.75, 3.05) is 13.1 Å². The molecule has 174 valence electrons. The summed E-state index contributed by atoms with van der Waals surface area (Å²) in [5, 5.41) is 6.87. The van der Waals surface area contributed by atoms with Crippen LogP contribution in [0.5, 0.6) is 0 Å². The molecule has 34 heavy (non-hydrogen) atoms. The van der Waals surface area contributed by atoms with Gasteiger partial charge >= 0.3 is 0 Å². The lowest BCUT2D eigenvalue weighted by Gasteiger charge is -2.13. The zero-order valence-corrected chi connectivity index (χ0v) is 19.6. The minimum atomic E-state index is -0.497. The van der Waals surface area contributed by atoms with Crippen molar-refractivity contribution in [2.24, 2.45) is 0 Å². The third-order valence-corrected chi connectivity index (χ3v) is 6.41. The van der Waals surface area contributed by atoms with Crippen molar-refractivity contribution in [3.63, 3.8) is 0 Å². The minimum absolute atomic E-state index is 0.0340. The Morgan fingerprint density at radius 3 is 2.53 bits per heavy atom. The molecule has 1 aliphatic heterocycles. The number of benzene rings is 2. The van der Waals surface area contributed by atoms with E-state index in [4.69, 9.17) is 0 Å². The summed E-state index contributed by atoms with van der Waals surface area (Å²) in [5.41, 5.74) is 3.63. The Morgan fingerprint density at radius 1 is 1.09 bits per heavy atom. The van der Waals surface area contributed by atoms with Crippen LogP contribution in [0.4, 0.5) is 9.18 Å². The molecule has 1 aromatic heterocycles. The molecule has 0 bridgehead atoms. The van der Waals surface area contributed by atoms with Crippen molar-refractivity contribution in [2.45, 2.75) is 20.3 Å². The number of nitrogens with one attached hydrogen (secondary N) is 1. The molecule has 1 N–H and O–H groups in total. The van der Waals surface area contributed by atoms with Crippen LogP contribution in [0.25, 0.3) is 11.8 Å². The van der Waals surface area contributed by atoms with Gasteiger partial charge in [0.2, 0.25) is 5.91 Å². The molecule has 3 amide bonds. The van der Waals surface area contributed by atoms with Crippen molar-refractivity contribution < 1.29 is 18.8 Å². The van der Waals surface area contributed by atoms with Crippen molar-refractivity contribution in [3.05, 3.63) is 87.8 Å². The van der Waals surface area contributed by atoms with Crippen LogP contribution in [0, 0.1) is 19.7 Å². The number of carbonyl (C=O) groups is 3. The highest BCUT2D eigenvalue weighted by Crippen LogP contribution is 2.32. The molecule has 1 saturated heterocycles. The van der Waals surface area contributed by atoms with Crippen molar-refractivity contribution in [3.8, 4) is 5.69 Å². The molecule has 1 aliphatic rings. The molecule has 0 atom stereocenters. The Hall–Kier alpha value is -3.72. The standard InChI is InChI=1S/C25H23FN4O3S/c1-16-20(17(2)30(28-16)19-9-4-3-5-10-19)15-23(31)27-12-13-29-24(32)22(34-25(29)33)14-18-8-6-7-11-21(18)26/h3-11,14H,12-13,15H2,1-2H3,(H,27,31)/b22-14-. The first-order chi connectivity index (χ1) is 16.3. The molecule has 0 radical (unpaired) electrons. The second-order valence-corrected chi connectivity index (χ2v) is 8.77. The van der Waals surface area contributed by atoms with Gasteiger partial charge in [0.25, 0.3) is 11.1 Å². The number of carbonyl (C=O) groups excluding carboxylic acids is 3. The highest BCUT2D eigenvalue weighted by atomic mass is 32.2. The fourth-order valence-electron chi connectivity index (χ4n) is 3.71. The number of amides is 3. The summed E-state index contributed by atoms with van der Waals surface area (Å²) in [4.78, 5) is 38.6. The van der Waals surface area contributed by atoms with Gasteiger partial charge in [-0.05, 0) is 49.9 Å². The van der Waals surface area contributed by atoms with E-state index in [1.54, 1.807) is 16.8 Å². The van der Waals surface area contributed by atoms with Gasteiger partial charge in [-0.2, -0.15) is 5.10 Å². The largest absolute Gasteiger partial charge is 0.354 e. The van der Waals surface area contributed by atoms with E-state index < -0.39 is 17.0 Å². The lowest BCUT2D eigenvalue weighted by Crippen LogP contribution is -2.37. The summed E-state index contributed by atoms with van der Waals surface area (Å²) in [6.07, 6.45) is 1.51. The summed E-state index contributed by atoms with van der Waals surface area (Å²) < 4.78 is 15.7. The summed E-state index contributed by atoms with van der Waals surface area (Å²) in [7, 11) is 0. The highest BCUT2D eigenvalue weighted by molar-refractivity contribution is 8.18. The van der Waals surface area contributed by atoms with Crippen LogP contribution < -0.4 is 5.32 Å². The molecule has 3 aromatic rings. The van der Waals surface area contributed by atoms with Crippen LogP contribution >= 0.6 is 11.8 Å². The predicted molar refractivity (Wildman–Crippen MR) is 129 cm³/mol. The first-order valence-electron chi connectivity index (χ1n) is 10.7. The topological polar surface area (TPSA) is 84.3 Å². The summed E-state index contributed by atoms with van der Waals surface area (Å²) in [6, 6.07) is 15.7. The van der Waals surface area contributed by atoms with Gasteiger partial charge in [0.15, 0.2) is 0 Å². The fourth-order valence-corrected chi connectivity index (χ4v) is 4.56. The molecule has 1 fully saturated rings. The maximum absolute atomic E-state index is 13.9. The molecule has 0 aliphatic carbocycles. The smallest absolute Gasteiger partial charge is 0.293 e. The van der Waals surface area contributed by atoms with E-state index in [1.165, 1.54) is 18.2 Å². The van der Waals surface area contributed by atoms with Gasteiger partial charge < -0.3 is 5.32 Å². The zero-order valence-electron chi connectivity index (χ0n) is 18.7. The Bertz CT molecular complexity index is 1290. The van der Waals surface area contributed by atoms with Crippen LogP contribution in [0.1, 0.15) is 22.5 Å². The van der Waals surface area contributed by atoms with Gasteiger partial charge in [-0.1, -0.05) is 36.4 Å². The third-order valence-electron chi connectivity index (χ3n) is 5.50. The number of thioether (sulfide) groups is 1. The number of aromatic nitrogens is 2. The molecule has 4 rings (SSSR count). The van der Waals surface area contributed by atoms with Gasteiger partial charge in [-0.25, -0.2) is 9.07 Å². The molecule has 2 aromatic carbocycles. The van der Waals surface area contributed by atoms with E-state index in [0.717, 1.165) is 39.3 Å². The van der Waals surface area contributed by atoms with Crippen molar-refractivity contribution >= 4 is 34.9 Å². The van der Waals surface area contributed by atoms with E-state index in [1.807, 2.05) is 44.2 Å². The van der Waals surface area contributed by atoms with Gasteiger partial charge in [-0.15, -0.1) is 0 Å². The number of imide groups is 1. The van der Waals surface area contributed by atoms with Crippen LogP contribution in [0.2, 0.25) is 0 Å². The maximum Gasteiger partial charge on any atom is 0.293 e. The second-order valence-electron chi connectivity index (χ2n) is 7.78. The van der Waals surface area contributed by atoms with Crippen molar-refractivity contribution in [1.82, 2.24) is 20.0 Å². The first-order valence-corrected chi connectivity index (χ1v) is 11.5. The molecule has 0 saturated carbocycles. The quantitative estimate of drug-likeness (QED) is 0.519. The minimum Gasteiger partial charge on any atom is -0.354 e. The zero-order chi connectivity index (χ0) is 24.2. The molecule has 7 nitrogen and oxygen atoms in total. The first kappa shape index (κ1) is 23.4. The normalized spacial score (nSPS) is 14.8. The molecular weight excluding hydrogens is 455 g/mol. The molecule has 0 unspecified atom stereocenters. The number of hydrogen-bond donors (Lipinski definition) is 1. The fraction of sp³-hybridized carbons (Fsp3) is 0.200. The predicted octanol–water partition coefficient (Wildman–Crippen LogP) is 4.02. The molecular formula is C25H23FN4O3S. The second kappa shape index (κ2) is 10.0. The summed E-state index contributed by atoms with van der Waals surface area (Å²) in [5.74, 6) is -1.20. The van der Waals surface area contributed by atoms with E-state index in [0.29, 0.717) is 0 Å². The Kier molecular flexibility index (Phi) is 6.93. The molecule has 0 spiro atoms. The van der Waals surface area contributed by atoms with E-state index in [9.17, 15) is 18.8 Å². The molecule has 2 heterocycles. The number of para-hydroxylation sites is 1. The van der Waals surface area contributed by atoms with E-state index >= 15 is 0 Å². The monoisotopic (exact) mass is 478 g/mol. The number of aryl methyl sites for hydroxylation is 1. The van der Waals surface area contributed by atoms with Gasteiger partial charge in [-0.3, -0.25) is 19.3 Å². The SMILES string of the molecule is Cc1nn(-c2ccccc2)c(C)c1CC(=O)NCCN1C(=O)S/C(=C\c2ccccc2F)C1=O. The maximum atomic E-state index is 13.9. The summed E-state index contributed by atoms with van der Waals surface area (Å²) >= 11 is 0.760. The van der Waals surface area contributed by atoms with Crippen LogP contribution in [-0.2, 0) is 16.0 Å². The number of halogens is 1. The Labute approximate surface area is 200 Å². The van der Waals surface area contributed by atoms with Crippen molar-refractivity contribution in [1.29, 1.82) is 0 Å². The van der Waals surface area contributed by atoms with E-state index in [-0.39, 0.29) is 35.9 Å². The number of rotatable bonds is 7. The lowest BCUT2D eigenvalue weighted by atomic mass is 10.1. The van der Waals surface area contributed by atoms with Crippen LogP contribution in [0.15, 0.2) is 59.5 Å². The van der Waals surface area contributed by atoms with Gasteiger partial charge in [0, 0.05) is 29.9 Å². The average Bonchev–Trinajstić information content (AvgIpc) is 3.25. The third kappa shape index (κ3) is 4.94. The Morgan fingerprint density at radius 2 is 1.79 bits per heavy atom. The average molecular weight is 479 g/mol. The molecule has 9 heteroatoms. The Balaban J connectivity index is 1.35. The van der Waals surface area contributed by atoms with E-state index in [2.05, 4.69) is 10.4 Å². The van der Waals surface area contributed by atoms with Crippen LogP contribution in [0.3, 0.4) is 0 Å². The number of nitrogens with zero attached hydrogens (tertiary/aromatic N) is 3. The lowest BCUT2D eigenvalue weighted by molar-refractivity contribution is -0.124. The summed E-state index contributed by atoms with van der Waals surface area (Å²) in [6.45, 7) is 3.93. The van der Waals surface area contributed by atoms with Gasteiger partial charge in [0.1, 0.15) is 5.82 Å². The highest BCUT2D eigenvalue weighted by Gasteiger charge is 2.34. The number of hydrogen-bond acceptors (Lipinski definition) is 5. The van der Waals surface area contributed by atoms with Crippen LogP contribution in [-0.4, -0.2) is 44.8 Å².